The maximum absolute atomic E-state index is 9.95. The fraction of sp³-hybridized carbons (Fsp3) is 0.231. The van der Waals surface area contributed by atoms with Gasteiger partial charge < -0.3 is 5.11 Å². The monoisotopic (exact) mass is 310 g/mol. The van der Waals surface area contributed by atoms with Crippen molar-refractivity contribution in [3.8, 4) is 9.88 Å². The molecule has 0 aliphatic rings. The fourth-order valence-corrected chi connectivity index (χ4v) is 4.07. The Labute approximate surface area is 123 Å². The lowest BCUT2D eigenvalue weighted by atomic mass is 10.1. The molecule has 3 rings (SSSR count). The van der Waals surface area contributed by atoms with Gasteiger partial charge in [0.1, 0.15) is 15.8 Å². The third-order valence-electron chi connectivity index (χ3n) is 2.73. The van der Waals surface area contributed by atoms with Gasteiger partial charge in [-0.3, -0.25) is 0 Å². The quantitative estimate of drug-likeness (QED) is 0.718. The third-order valence-corrected chi connectivity index (χ3v) is 5.30. The molecule has 19 heavy (non-hydrogen) atoms. The third kappa shape index (κ3) is 2.39. The maximum atomic E-state index is 9.95. The van der Waals surface area contributed by atoms with Crippen molar-refractivity contribution in [2.24, 2.45) is 0 Å². The number of fused-ring (bicyclic) bond motifs is 1. The van der Waals surface area contributed by atoms with E-state index in [1.165, 1.54) is 11.3 Å². The van der Waals surface area contributed by atoms with Crippen LogP contribution in [-0.2, 0) is 5.60 Å². The van der Waals surface area contributed by atoms with Gasteiger partial charge in [0.25, 0.3) is 0 Å². The molecule has 3 aromatic heterocycles. The van der Waals surface area contributed by atoms with Crippen molar-refractivity contribution in [2.45, 2.75) is 19.4 Å². The predicted molar refractivity (Wildman–Crippen MR) is 81.0 cm³/mol. The molecule has 0 atom stereocenters. The van der Waals surface area contributed by atoms with Crippen LogP contribution < -0.4 is 0 Å². The van der Waals surface area contributed by atoms with Crippen LogP contribution in [0.3, 0.4) is 0 Å². The summed E-state index contributed by atoms with van der Waals surface area (Å²) in [4.78, 5) is 9.62. The topological polar surface area (TPSA) is 46.0 Å². The summed E-state index contributed by atoms with van der Waals surface area (Å²) in [5, 5.41) is 14.3. The minimum Gasteiger partial charge on any atom is -0.384 e. The number of aliphatic hydroxyl groups is 1. The number of pyridine rings is 1. The van der Waals surface area contributed by atoms with Gasteiger partial charge in [0.15, 0.2) is 0 Å². The van der Waals surface area contributed by atoms with Crippen LogP contribution in [0.2, 0.25) is 5.15 Å². The first-order valence-corrected chi connectivity index (χ1v) is 7.75. The largest absolute Gasteiger partial charge is 0.384 e. The Morgan fingerprint density at radius 3 is 2.79 bits per heavy atom. The van der Waals surface area contributed by atoms with E-state index in [1.54, 1.807) is 31.4 Å². The zero-order valence-corrected chi connectivity index (χ0v) is 12.7. The van der Waals surface area contributed by atoms with Crippen molar-refractivity contribution < 1.29 is 5.11 Å². The number of halogens is 1. The summed E-state index contributed by atoms with van der Waals surface area (Å²) in [5.41, 5.74) is -0.223. The molecule has 98 valence electrons. The van der Waals surface area contributed by atoms with Gasteiger partial charge in [-0.1, -0.05) is 11.6 Å². The average Bonchev–Trinajstić information content (AvgIpc) is 2.94. The van der Waals surface area contributed by atoms with Crippen molar-refractivity contribution in [1.29, 1.82) is 0 Å². The Morgan fingerprint density at radius 2 is 2.16 bits per heavy atom. The van der Waals surface area contributed by atoms with Crippen molar-refractivity contribution in [3.63, 3.8) is 0 Å². The number of thiophene rings is 1. The molecular weight excluding hydrogens is 300 g/mol. The molecule has 0 fully saturated rings. The van der Waals surface area contributed by atoms with E-state index in [0.29, 0.717) is 10.8 Å². The van der Waals surface area contributed by atoms with Crippen molar-refractivity contribution in [3.05, 3.63) is 34.6 Å². The van der Waals surface area contributed by atoms with Gasteiger partial charge in [0.05, 0.1) is 15.3 Å². The number of nitrogens with zero attached hydrogens (tertiary/aromatic N) is 2. The van der Waals surface area contributed by atoms with Gasteiger partial charge >= 0.3 is 0 Å². The van der Waals surface area contributed by atoms with Crippen LogP contribution in [0.15, 0.2) is 23.7 Å². The average molecular weight is 311 g/mol. The zero-order chi connectivity index (χ0) is 13.6. The van der Waals surface area contributed by atoms with Crippen LogP contribution in [0.25, 0.3) is 20.0 Å². The summed E-state index contributed by atoms with van der Waals surface area (Å²) in [5.74, 6) is 0. The summed E-state index contributed by atoms with van der Waals surface area (Å²) in [7, 11) is 0. The molecule has 3 heterocycles. The lowest BCUT2D eigenvalue weighted by Gasteiger charge is -2.12. The van der Waals surface area contributed by atoms with E-state index in [1.807, 2.05) is 11.4 Å². The van der Waals surface area contributed by atoms with Gasteiger partial charge in [0.2, 0.25) is 0 Å². The fourth-order valence-electron chi connectivity index (χ4n) is 1.71. The molecule has 3 nitrogen and oxygen atoms in total. The number of hydrogen-bond acceptors (Lipinski definition) is 5. The summed E-state index contributed by atoms with van der Waals surface area (Å²) in [6.07, 6.45) is 1.70. The van der Waals surface area contributed by atoms with E-state index in [-0.39, 0.29) is 0 Å². The van der Waals surface area contributed by atoms with E-state index in [2.05, 4.69) is 16.0 Å². The van der Waals surface area contributed by atoms with Crippen LogP contribution in [0.5, 0.6) is 0 Å². The standard InChI is InChI=1S/C13H11ClN2OS2/c1-13(2,17)9-6-18-12(16-9)8-5-7-3-4-15-11(14)10(7)19-8/h3-6,17H,1-2H3. The molecular formula is C13H11ClN2OS2. The molecule has 0 spiro atoms. The highest BCUT2D eigenvalue weighted by Gasteiger charge is 2.20. The Balaban J connectivity index is 2.09. The molecule has 0 unspecified atom stereocenters. The van der Waals surface area contributed by atoms with Crippen LogP contribution >= 0.6 is 34.3 Å². The molecule has 1 N–H and O–H groups in total. The summed E-state index contributed by atoms with van der Waals surface area (Å²) in [6, 6.07) is 3.99. The van der Waals surface area contributed by atoms with Gasteiger partial charge in [-0.2, -0.15) is 0 Å². The SMILES string of the molecule is CC(C)(O)c1csc(-c2cc3ccnc(Cl)c3s2)n1. The minimum absolute atomic E-state index is 0.521. The second-order valence-corrected chi connectivity index (χ2v) is 7.00. The molecule has 0 saturated heterocycles. The minimum atomic E-state index is -0.912. The normalized spacial score (nSPS) is 12.2. The van der Waals surface area contributed by atoms with Crippen LogP contribution in [-0.4, -0.2) is 15.1 Å². The van der Waals surface area contributed by atoms with Crippen LogP contribution in [0, 0.1) is 0 Å². The van der Waals surface area contributed by atoms with Crippen molar-refractivity contribution in [1.82, 2.24) is 9.97 Å². The molecule has 6 heteroatoms. The molecule has 0 amide bonds. The molecule has 0 aliphatic heterocycles. The Hall–Kier alpha value is -1.01. The molecule has 0 bridgehead atoms. The Bertz CT molecular complexity index is 743. The van der Waals surface area contributed by atoms with Gasteiger partial charge in [-0.05, 0) is 31.4 Å². The highest BCUT2D eigenvalue weighted by Crippen LogP contribution is 2.38. The van der Waals surface area contributed by atoms with E-state index >= 15 is 0 Å². The number of thiazole rings is 1. The van der Waals surface area contributed by atoms with Crippen LogP contribution in [0.4, 0.5) is 0 Å². The second kappa shape index (κ2) is 4.52. The number of rotatable bonds is 2. The van der Waals surface area contributed by atoms with E-state index < -0.39 is 5.60 Å². The second-order valence-electron chi connectivity index (χ2n) is 4.73. The van der Waals surface area contributed by atoms with Crippen molar-refractivity contribution in [2.75, 3.05) is 0 Å². The van der Waals surface area contributed by atoms with Gasteiger partial charge in [-0.15, -0.1) is 22.7 Å². The summed E-state index contributed by atoms with van der Waals surface area (Å²) in [6.45, 7) is 3.47. The molecule has 3 aromatic rings. The lowest BCUT2D eigenvalue weighted by Crippen LogP contribution is -2.15. The summed E-state index contributed by atoms with van der Waals surface area (Å²) < 4.78 is 0.971. The predicted octanol–water partition coefficient (Wildman–Crippen LogP) is 4.30. The lowest BCUT2D eigenvalue weighted by molar-refractivity contribution is 0.0746. The number of hydrogen-bond donors (Lipinski definition) is 1. The molecule has 0 radical (unpaired) electrons. The highest BCUT2D eigenvalue weighted by molar-refractivity contribution is 7.25. The van der Waals surface area contributed by atoms with E-state index in [4.69, 9.17) is 11.6 Å². The molecule has 0 saturated carbocycles. The molecule has 0 aliphatic carbocycles. The Morgan fingerprint density at radius 1 is 1.37 bits per heavy atom. The first-order valence-electron chi connectivity index (χ1n) is 5.68. The van der Waals surface area contributed by atoms with E-state index in [0.717, 1.165) is 20.0 Å². The zero-order valence-electron chi connectivity index (χ0n) is 10.3. The van der Waals surface area contributed by atoms with Crippen molar-refractivity contribution >= 4 is 44.4 Å². The van der Waals surface area contributed by atoms with Gasteiger partial charge in [-0.25, -0.2) is 9.97 Å². The first-order chi connectivity index (χ1) is 8.95. The van der Waals surface area contributed by atoms with Gasteiger partial charge in [0, 0.05) is 11.6 Å². The molecule has 0 aromatic carbocycles. The smallest absolute Gasteiger partial charge is 0.146 e. The van der Waals surface area contributed by atoms with E-state index in [9.17, 15) is 5.11 Å². The maximum Gasteiger partial charge on any atom is 0.146 e. The Kier molecular flexibility index (Phi) is 3.09. The first kappa shape index (κ1) is 13.0. The highest BCUT2D eigenvalue weighted by atomic mass is 35.5. The summed E-state index contributed by atoms with van der Waals surface area (Å²) >= 11 is 9.18. The number of aromatic nitrogens is 2. The van der Waals surface area contributed by atoms with Crippen LogP contribution in [0.1, 0.15) is 19.5 Å².